The Labute approximate surface area is 171 Å². The molecule has 5 aliphatic rings. The monoisotopic (exact) mass is 430 g/mol. The van der Waals surface area contributed by atoms with E-state index >= 15 is 0 Å². The second-order valence-electron chi connectivity index (χ2n) is 9.83. The van der Waals surface area contributed by atoms with Crippen LogP contribution in [0.3, 0.4) is 0 Å². The number of benzene rings is 1. The van der Waals surface area contributed by atoms with E-state index < -0.39 is 0 Å². The fourth-order valence-electron chi connectivity index (χ4n) is 7.01. The van der Waals surface area contributed by atoms with Crippen molar-refractivity contribution in [2.24, 2.45) is 17.8 Å². The minimum absolute atomic E-state index is 0.0507. The van der Waals surface area contributed by atoms with Crippen LogP contribution in [0, 0.1) is 17.8 Å². The second kappa shape index (κ2) is 7.09. The summed E-state index contributed by atoms with van der Waals surface area (Å²) in [6, 6.07) is 7.00. The van der Waals surface area contributed by atoms with E-state index in [9.17, 15) is 4.79 Å². The number of hydrogen-bond acceptors (Lipinski definition) is 1. The van der Waals surface area contributed by atoms with Gasteiger partial charge in [0.15, 0.2) is 0 Å². The van der Waals surface area contributed by atoms with Crippen molar-refractivity contribution < 1.29 is 4.79 Å². The van der Waals surface area contributed by atoms with E-state index in [-0.39, 0.29) is 6.03 Å². The van der Waals surface area contributed by atoms with Crippen LogP contribution in [-0.4, -0.2) is 12.1 Å². The first-order valence-electron chi connectivity index (χ1n) is 11.0. The largest absolute Gasteiger partial charge is 0.335 e. The predicted octanol–water partition coefficient (Wildman–Crippen LogP) is 6.37. The van der Waals surface area contributed by atoms with Crippen LogP contribution in [0.2, 0.25) is 0 Å². The number of carbonyl (C=O) groups excluding carboxylic acids is 1. The molecule has 4 heteroatoms. The normalized spacial score (nSPS) is 35.2. The van der Waals surface area contributed by atoms with Crippen LogP contribution in [0.15, 0.2) is 22.7 Å². The molecule has 2 amide bonds. The number of amides is 2. The highest BCUT2D eigenvalue weighted by Crippen LogP contribution is 2.61. The van der Waals surface area contributed by atoms with Gasteiger partial charge in [-0.2, -0.15) is 0 Å². The zero-order valence-electron chi connectivity index (χ0n) is 16.1. The van der Waals surface area contributed by atoms with Crippen molar-refractivity contribution in [1.82, 2.24) is 5.32 Å². The molecule has 5 fully saturated rings. The van der Waals surface area contributed by atoms with Crippen LogP contribution >= 0.6 is 15.9 Å². The molecule has 1 aromatic rings. The van der Waals surface area contributed by atoms with Gasteiger partial charge >= 0.3 is 6.03 Å². The Morgan fingerprint density at radius 1 is 0.963 bits per heavy atom. The van der Waals surface area contributed by atoms with Gasteiger partial charge in [-0.1, -0.05) is 25.3 Å². The molecule has 0 saturated heterocycles. The third-order valence-electron chi connectivity index (χ3n) is 7.81. The Morgan fingerprint density at radius 3 is 2.22 bits per heavy atom. The van der Waals surface area contributed by atoms with E-state index in [2.05, 4.69) is 44.8 Å². The standard InChI is InChI=1S/C23H31BrN2O/c24-20-7-6-18(23-12-15-8-16(13-23)10-17(9-15)14-23)11-21(20)26-22(27)25-19-4-2-1-3-5-19/h6-7,11,15-17,19H,1-5,8-10,12-14H2,(H2,25,26,27). The lowest BCUT2D eigenvalue weighted by atomic mass is 9.48. The lowest BCUT2D eigenvalue weighted by molar-refractivity contribution is -0.00517. The molecular formula is C23H31BrN2O. The molecule has 0 radical (unpaired) electrons. The van der Waals surface area contributed by atoms with Crippen LogP contribution < -0.4 is 10.6 Å². The van der Waals surface area contributed by atoms with Gasteiger partial charge in [-0.25, -0.2) is 4.79 Å². The van der Waals surface area contributed by atoms with Crippen molar-refractivity contribution in [2.45, 2.75) is 82.1 Å². The lowest BCUT2D eigenvalue weighted by Gasteiger charge is -2.57. The molecule has 0 spiro atoms. The van der Waals surface area contributed by atoms with Gasteiger partial charge < -0.3 is 10.6 Å². The first-order chi connectivity index (χ1) is 13.1. The van der Waals surface area contributed by atoms with Gasteiger partial charge in [0, 0.05) is 10.5 Å². The van der Waals surface area contributed by atoms with E-state index in [1.165, 1.54) is 63.4 Å². The first kappa shape index (κ1) is 18.0. The predicted molar refractivity (Wildman–Crippen MR) is 113 cm³/mol. The highest BCUT2D eigenvalue weighted by molar-refractivity contribution is 9.10. The van der Waals surface area contributed by atoms with Crippen molar-refractivity contribution >= 4 is 27.6 Å². The van der Waals surface area contributed by atoms with E-state index in [1.807, 2.05) is 0 Å². The lowest BCUT2D eigenvalue weighted by Crippen LogP contribution is -2.48. The maximum absolute atomic E-state index is 12.5. The van der Waals surface area contributed by atoms with Crippen molar-refractivity contribution in [3.05, 3.63) is 28.2 Å². The van der Waals surface area contributed by atoms with Crippen LogP contribution in [0.25, 0.3) is 0 Å². The highest BCUT2D eigenvalue weighted by Gasteiger charge is 2.51. The molecule has 1 aromatic carbocycles. The molecule has 5 saturated carbocycles. The van der Waals surface area contributed by atoms with Gasteiger partial charge in [-0.3, -0.25) is 0 Å². The molecule has 0 heterocycles. The van der Waals surface area contributed by atoms with E-state index in [1.54, 1.807) is 0 Å². The fourth-order valence-corrected chi connectivity index (χ4v) is 7.35. The summed E-state index contributed by atoms with van der Waals surface area (Å²) in [7, 11) is 0. The maximum atomic E-state index is 12.5. The van der Waals surface area contributed by atoms with Gasteiger partial charge in [0.25, 0.3) is 0 Å². The number of halogens is 1. The van der Waals surface area contributed by atoms with Gasteiger partial charge in [-0.05, 0) is 108 Å². The van der Waals surface area contributed by atoms with Gasteiger partial charge in [0.05, 0.1) is 5.69 Å². The molecule has 0 atom stereocenters. The number of nitrogens with one attached hydrogen (secondary N) is 2. The summed E-state index contributed by atoms with van der Waals surface area (Å²) in [5.41, 5.74) is 2.75. The Bertz CT molecular complexity index is 690. The summed E-state index contributed by atoms with van der Waals surface area (Å²) < 4.78 is 0.981. The van der Waals surface area contributed by atoms with Gasteiger partial charge in [-0.15, -0.1) is 0 Å². The van der Waals surface area contributed by atoms with E-state index in [0.717, 1.165) is 40.8 Å². The smallest absolute Gasteiger partial charge is 0.319 e. The van der Waals surface area contributed by atoms with Gasteiger partial charge in [0.1, 0.15) is 0 Å². The average molecular weight is 431 g/mol. The SMILES string of the molecule is O=C(Nc1cc(C23CC4CC(CC(C4)C2)C3)ccc1Br)NC1CCCCC1. The number of carbonyl (C=O) groups is 1. The molecule has 146 valence electrons. The van der Waals surface area contributed by atoms with Crippen molar-refractivity contribution in [3.8, 4) is 0 Å². The minimum atomic E-state index is -0.0507. The van der Waals surface area contributed by atoms with E-state index in [0.29, 0.717) is 11.5 Å². The highest BCUT2D eigenvalue weighted by atomic mass is 79.9. The zero-order chi connectivity index (χ0) is 18.4. The fraction of sp³-hybridized carbons (Fsp3) is 0.696. The van der Waals surface area contributed by atoms with Crippen LogP contribution in [0.5, 0.6) is 0 Å². The molecule has 3 nitrogen and oxygen atoms in total. The number of rotatable bonds is 3. The Hall–Kier alpha value is -1.03. The average Bonchev–Trinajstić information content (AvgIpc) is 2.63. The Balaban J connectivity index is 1.33. The van der Waals surface area contributed by atoms with Crippen LogP contribution in [-0.2, 0) is 5.41 Å². The number of hydrogen-bond donors (Lipinski definition) is 2. The molecular weight excluding hydrogens is 400 g/mol. The second-order valence-corrected chi connectivity index (χ2v) is 10.7. The minimum Gasteiger partial charge on any atom is -0.335 e. The molecule has 6 rings (SSSR count). The summed E-state index contributed by atoms with van der Waals surface area (Å²) in [6.07, 6.45) is 14.5. The summed E-state index contributed by atoms with van der Waals surface area (Å²) in [4.78, 5) is 12.5. The molecule has 4 bridgehead atoms. The molecule has 0 aliphatic heterocycles. The van der Waals surface area contributed by atoms with Crippen molar-refractivity contribution in [3.63, 3.8) is 0 Å². The number of urea groups is 1. The molecule has 0 unspecified atom stereocenters. The summed E-state index contributed by atoms with van der Waals surface area (Å²) >= 11 is 3.65. The molecule has 5 aliphatic carbocycles. The van der Waals surface area contributed by atoms with Crippen molar-refractivity contribution in [1.29, 1.82) is 0 Å². The van der Waals surface area contributed by atoms with E-state index in [4.69, 9.17) is 0 Å². The molecule has 0 aromatic heterocycles. The van der Waals surface area contributed by atoms with Crippen LogP contribution in [0.4, 0.5) is 10.5 Å². The maximum Gasteiger partial charge on any atom is 0.319 e. The number of anilines is 1. The third-order valence-corrected chi connectivity index (χ3v) is 8.50. The molecule has 2 N–H and O–H groups in total. The topological polar surface area (TPSA) is 41.1 Å². The first-order valence-corrected chi connectivity index (χ1v) is 11.8. The summed E-state index contributed by atoms with van der Waals surface area (Å²) in [6.45, 7) is 0. The zero-order valence-corrected chi connectivity index (χ0v) is 17.7. The quantitative estimate of drug-likeness (QED) is 0.574. The Kier molecular flexibility index (Phi) is 4.74. The van der Waals surface area contributed by atoms with Crippen molar-refractivity contribution in [2.75, 3.05) is 5.32 Å². The summed E-state index contributed by atoms with van der Waals surface area (Å²) in [5.74, 6) is 2.81. The Morgan fingerprint density at radius 2 is 1.59 bits per heavy atom. The third kappa shape index (κ3) is 3.54. The van der Waals surface area contributed by atoms with Gasteiger partial charge in [0.2, 0.25) is 0 Å². The molecule has 27 heavy (non-hydrogen) atoms. The summed E-state index contributed by atoms with van der Waals surface area (Å²) in [5, 5.41) is 6.31. The van der Waals surface area contributed by atoms with Crippen LogP contribution in [0.1, 0.15) is 76.2 Å².